The van der Waals surface area contributed by atoms with Gasteiger partial charge in [0, 0.05) is 36.7 Å². The van der Waals surface area contributed by atoms with Crippen molar-refractivity contribution in [3.63, 3.8) is 0 Å². The van der Waals surface area contributed by atoms with E-state index in [1.165, 1.54) is 0 Å². The molecule has 1 aliphatic heterocycles. The molecule has 1 aromatic heterocycles. The smallest absolute Gasteiger partial charge is 0.253 e. The van der Waals surface area contributed by atoms with E-state index < -0.39 is 0 Å². The summed E-state index contributed by atoms with van der Waals surface area (Å²) in [7, 11) is 0. The molecule has 0 spiro atoms. The summed E-state index contributed by atoms with van der Waals surface area (Å²) in [5.74, 6) is 1.31. The Hall–Kier alpha value is -2.32. The summed E-state index contributed by atoms with van der Waals surface area (Å²) in [6, 6.07) is 5.48. The minimum Gasteiger partial charge on any atom is -0.454 e. The fraction of sp³-hybridized carbons (Fsp3) is 0.412. The summed E-state index contributed by atoms with van der Waals surface area (Å²) in [5, 5.41) is 13.6. The quantitative estimate of drug-likeness (QED) is 0.668. The third-order valence-corrected chi connectivity index (χ3v) is 4.38. The Morgan fingerprint density at radius 3 is 2.84 bits per heavy atom. The maximum Gasteiger partial charge on any atom is 0.253 e. The second-order valence-corrected chi connectivity index (χ2v) is 6.14. The van der Waals surface area contributed by atoms with Gasteiger partial charge in [0.25, 0.3) is 5.56 Å². The molecule has 8 heteroatoms. The van der Waals surface area contributed by atoms with Crippen molar-refractivity contribution in [3.8, 4) is 11.5 Å². The zero-order chi connectivity index (χ0) is 17.8. The molecule has 134 valence electrons. The SMILES string of the molecule is CCNC(=S)N(CCCO)Cc1cc2cc3c(cc2[nH]c1=O)OCO3. The van der Waals surface area contributed by atoms with Crippen LogP contribution in [0.3, 0.4) is 0 Å². The van der Waals surface area contributed by atoms with Crippen LogP contribution in [0, 0.1) is 0 Å². The number of hydrogen-bond donors (Lipinski definition) is 3. The third kappa shape index (κ3) is 3.85. The van der Waals surface area contributed by atoms with E-state index in [0.29, 0.717) is 53.7 Å². The van der Waals surface area contributed by atoms with Crippen molar-refractivity contribution in [2.75, 3.05) is 26.5 Å². The van der Waals surface area contributed by atoms with E-state index in [2.05, 4.69) is 10.3 Å². The molecular weight excluding hydrogens is 342 g/mol. The first kappa shape index (κ1) is 17.5. The zero-order valence-electron chi connectivity index (χ0n) is 14.0. The van der Waals surface area contributed by atoms with Crippen molar-refractivity contribution in [1.82, 2.24) is 15.2 Å². The molecule has 0 unspecified atom stereocenters. The predicted octanol–water partition coefficient (Wildman–Crippen LogP) is 1.34. The standard InChI is InChI=1S/C17H21N3O4S/c1-2-18-17(25)20(4-3-5-21)9-12-6-11-7-14-15(24-10-23-14)8-13(11)19-16(12)22/h6-8,21H,2-5,9-10H2,1H3,(H,18,25)(H,19,22). The summed E-state index contributed by atoms with van der Waals surface area (Å²) in [4.78, 5) is 17.2. The first-order chi connectivity index (χ1) is 12.1. The first-order valence-corrected chi connectivity index (χ1v) is 8.62. The number of ether oxygens (including phenoxy) is 2. The highest BCUT2D eigenvalue weighted by Crippen LogP contribution is 2.35. The van der Waals surface area contributed by atoms with E-state index in [9.17, 15) is 4.79 Å². The minimum absolute atomic E-state index is 0.0722. The lowest BCUT2D eigenvalue weighted by Gasteiger charge is -2.25. The van der Waals surface area contributed by atoms with E-state index >= 15 is 0 Å². The van der Waals surface area contributed by atoms with Crippen LogP contribution in [0.4, 0.5) is 0 Å². The number of nitrogens with one attached hydrogen (secondary N) is 2. The lowest BCUT2D eigenvalue weighted by Crippen LogP contribution is -2.41. The van der Waals surface area contributed by atoms with Crippen LogP contribution in [0.15, 0.2) is 23.0 Å². The monoisotopic (exact) mass is 363 g/mol. The van der Waals surface area contributed by atoms with Crippen LogP contribution >= 0.6 is 12.2 Å². The molecule has 0 bridgehead atoms. The molecule has 0 fully saturated rings. The molecule has 0 atom stereocenters. The van der Waals surface area contributed by atoms with Gasteiger partial charge in [0.2, 0.25) is 6.79 Å². The maximum absolute atomic E-state index is 12.5. The molecule has 2 aromatic rings. The lowest BCUT2D eigenvalue weighted by atomic mass is 10.1. The number of aromatic nitrogens is 1. The summed E-state index contributed by atoms with van der Waals surface area (Å²) >= 11 is 5.38. The molecule has 2 heterocycles. The van der Waals surface area contributed by atoms with Gasteiger partial charge in [0.1, 0.15) is 0 Å². The first-order valence-electron chi connectivity index (χ1n) is 8.21. The van der Waals surface area contributed by atoms with E-state index in [0.717, 1.165) is 5.39 Å². The number of aromatic amines is 1. The number of aliphatic hydroxyl groups is 1. The minimum atomic E-state index is -0.167. The molecule has 3 rings (SSSR count). The van der Waals surface area contributed by atoms with Crippen molar-refractivity contribution in [1.29, 1.82) is 0 Å². The fourth-order valence-corrected chi connectivity index (χ4v) is 3.04. The van der Waals surface area contributed by atoms with Crippen LogP contribution in [-0.4, -0.2) is 46.6 Å². The molecule has 0 amide bonds. The number of H-pyrrole nitrogens is 1. The van der Waals surface area contributed by atoms with E-state index in [1.807, 2.05) is 24.0 Å². The van der Waals surface area contributed by atoms with Crippen LogP contribution < -0.4 is 20.3 Å². The Morgan fingerprint density at radius 1 is 1.36 bits per heavy atom. The summed E-state index contributed by atoms with van der Waals surface area (Å²) in [5.41, 5.74) is 1.14. The average Bonchev–Trinajstić information content (AvgIpc) is 3.04. The van der Waals surface area contributed by atoms with Gasteiger partial charge in [-0.2, -0.15) is 0 Å². The van der Waals surface area contributed by atoms with Crippen molar-refractivity contribution in [2.24, 2.45) is 0 Å². The highest BCUT2D eigenvalue weighted by atomic mass is 32.1. The molecule has 25 heavy (non-hydrogen) atoms. The Kier molecular flexibility index (Phi) is 5.40. The molecule has 3 N–H and O–H groups in total. The molecule has 0 aliphatic carbocycles. The second-order valence-electron chi connectivity index (χ2n) is 5.75. The number of aliphatic hydroxyl groups excluding tert-OH is 1. The molecule has 1 aliphatic rings. The molecule has 0 radical (unpaired) electrons. The van der Waals surface area contributed by atoms with Gasteiger partial charge in [0.15, 0.2) is 16.6 Å². The maximum atomic E-state index is 12.5. The lowest BCUT2D eigenvalue weighted by molar-refractivity contribution is 0.174. The number of benzene rings is 1. The Morgan fingerprint density at radius 2 is 2.12 bits per heavy atom. The molecule has 1 aromatic carbocycles. The van der Waals surface area contributed by atoms with E-state index in [4.69, 9.17) is 26.8 Å². The number of nitrogens with zero attached hydrogens (tertiary/aromatic N) is 1. The van der Waals surface area contributed by atoms with Gasteiger partial charge >= 0.3 is 0 Å². The Balaban J connectivity index is 1.90. The second kappa shape index (κ2) is 7.71. The number of pyridine rings is 1. The average molecular weight is 363 g/mol. The summed E-state index contributed by atoms with van der Waals surface area (Å²) in [6.45, 7) is 3.86. The normalized spacial score (nSPS) is 12.4. The van der Waals surface area contributed by atoms with E-state index in [1.54, 1.807) is 6.07 Å². The Labute approximate surface area is 150 Å². The number of rotatable bonds is 6. The largest absolute Gasteiger partial charge is 0.454 e. The van der Waals surface area contributed by atoms with Crippen LogP contribution in [0.1, 0.15) is 18.9 Å². The van der Waals surface area contributed by atoms with Gasteiger partial charge in [-0.3, -0.25) is 4.79 Å². The number of fused-ring (bicyclic) bond motifs is 2. The topological polar surface area (TPSA) is 86.8 Å². The summed E-state index contributed by atoms with van der Waals surface area (Å²) < 4.78 is 10.7. The third-order valence-electron chi connectivity index (χ3n) is 3.98. The van der Waals surface area contributed by atoms with Crippen molar-refractivity contribution in [2.45, 2.75) is 19.9 Å². The molecule has 0 saturated heterocycles. The van der Waals surface area contributed by atoms with Gasteiger partial charge in [-0.1, -0.05) is 0 Å². The zero-order valence-corrected chi connectivity index (χ0v) is 14.8. The van der Waals surface area contributed by atoms with Gasteiger partial charge in [-0.05, 0) is 37.7 Å². The number of thiocarbonyl (C=S) groups is 1. The van der Waals surface area contributed by atoms with Crippen molar-refractivity contribution < 1.29 is 14.6 Å². The van der Waals surface area contributed by atoms with Gasteiger partial charge in [-0.15, -0.1) is 0 Å². The van der Waals surface area contributed by atoms with Gasteiger partial charge in [-0.25, -0.2) is 0 Å². The molecule has 0 saturated carbocycles. The highest BCUT2D eigenvalue weighted by Gasteiger charge is 2.17. The molecular formula is C17H21N3O4S. The Bertz CT molecular complexity index is 836. The van der Waals surface area contributed by atoms with Gasteiger partial charge in [0.05, 0.1) is 12.1 Å². The van der Waals surface area contributed by atoms with Crippen molar-refractivity contribution >= 4 is 28.2 Å². The van der Waals surface area contributed by atoms with Crippen LogP contribution in [0.5, 0.6) is 11.5 Å². The number of hydrogen-bond acceptors (Lipinski definition) is 5. The molecule has 7 nitrogen and oxygen atoms in total. The van der Waals surface area contributed by atoms with Crippen LogP contribution in [-0.2, 0) is 6.54 Å². The van der Waals surface area contributed by atoms with Crippen LogP contribution in [0.2, 0.25) is 0 Å². The predicted molar refractivity (Wildman–Crippen MR) is 99.1 cm³/mol. The van der Waals surface area contributed by atoms with Crippen molar-refractivity contribution in [3.05, 3.63) is 34.1 Å². The fourth-order valence-electron chi connectivity index (χ4n) is 2.74. The van der Waals surface area contributed by atoms with Crippen LogP contribution in [0.25, 0.3) is 10.9 Å². The van der Waals surface area contributed by atoms with E-state index in [-0.39, 0.29) is 19.0 Å². The summed E-state index contributed by atoms with van der Waals surface area (Å²) in [6.07, 6.45) is 0.579. The highest BCUT2D eigenvalue weighted by molar-refractivity contribution is 7.80. The van der Waals surface area contributed by atoms with Gasteiger partial charge < -0.3 is 29.8 Å².